The average Bonchev–Trinajstić information content (AvgIpc) is 2.53. The average molecular weight is 224 g/mol. The summed E-state index contributed by atoms with van der Waals surface area (Å²) >= 11 is 0. The molecule has 1 aliphatic carbocycles. The zero-order chi connectivity index (χ0) is 11.4. The number of carbonyl (C=O) groups is 1. The van der Waals surface area contributed by atoms with E-state index in [0.29, 0.717) is 6.04 Å². The van der Waals surface area contributed by atoms with Crippen molar-refractivity contribution in [1.82, 2.24) is 10.2 Å². The van der Waals surface area contributed by atoms with Crippen LogP contribution in [-0.2, 0) is 4.79 Å². The number of likely N-dealkylation sites (N-methyl/N-ethyl adjacent to an activating group) is 1. The fraction of sp³-hybridized carbons (Fsp3) is 0.923. The van der Waals surface area contributed by atoms with Gasteiger partial charge in [-0.1, -0.05) is 25.7 Å². The molecule has 2 fully saturated rings. The Labute approximate surface area is 98.6 Å². The van der Waals surface area contributed by atoms with Gasteiger partial charge in [0.15, 0.2) is 0 Å². The molecular formula is C13H24N2O. The van der Waals surface area contributed by atoms with E-state index in [4.69, 9.17) is 0 Å². The van der Waals surface area contributed by atoms with E-state index < -0.39 is 0 Å². The van der Waals surface area contributed by atoms with Gasteiger partial charge in [-0.25, -0.2) is 0 Å². The fourth-order valence-electron chi connectivity index (χ4n) is 2.96. The van der Waals surface area contributed by atoms with Crippen LogP contribution in [0.1, 0.15) is 51.4 Å². The van der Waals surface area contributed by atoms with Crippen molar-refractivity contribution in [2.45, 2.75) is 63.5 Å². The molecule has 0 aromatic heterocycles. The lowest BCUT2D eigenvalue weighted by molar-refractivity contribution is -0.125. The van der Waals surface area contributed by atoms with Gasteiger partial charge in [-0.2, -0.15) is 0 Å². The quantitative estimate of drug-likeness (QED) is 0.727. The van der Waals surface area contributed by atoms with Crippen molar-refractivity contribution >= 4 is 5.91 Å². The molecule has 1 aliphatic heterocycles. The number of carbonyl (C=O) groups excluding carboxylic acids is 1. The molecule has 1 unspecified atom stereocenters. The highest BCUT2D eigenvalue weighted by Gasteiger charge is 2.28. The van der Waals surface area contributed by atoms with Crippen molar-refractivity contribution in [2.75, 3.05) is 13.6 Å². The maximum atomic E-state index is 12.1. The van der Waals surface area contributed by atoms with E-state index in [9.17, 15) is 4.79 Å². The summed E-state index contributed by atoms with van der Waals surface area (Å²) in [5.41, 5.74) is 0. The first-order chi connectivity index (χ1) is 7.77. The molecular weight excluding hydrogens is 200 g/mol. The largest absolute Gasteiger partial charge is 0.352 e. The second kappa shape index (κ2) is 5.67. The third-order valence-corrected chi connectivity index (χ3v) is 4.02. The molecule has 2 rings (SSSR count). The number of hydrogen-bond acceptors (Lipinski definition) is 2. The fourth-order valence-corrected chi connectivity index (χ4v) is 2.96. The van der Waals surface area contributed by atoms with Crippen LogP contribution in [0.25, 0.3) is 0 Å². The minimum atomic E-state index is 0.142. The predicted octanol–water partition coefficient (Wildman–Crippen LogP) is 1.92. The third-order valence-electron chi connectivity index (χ3n) is 4.02. The molecule has 0 bridgehead atoms. The zero-order valence-electron chi connectivity index (χ0n) is 10.4. The highest BCUT2D eigenvalue weighted by molar-refractivity contribution is 5.82. The summed E-state index contributed by atoms with van der Waals surface area (Å²) in [6.07, 6.45) is 9.82. The molecule has 0 aromatic carbocycles. The Balaban J connectivity index is 1.81. The monoisotopic (exact) mass is 224 g/mol. The van der Waals surface area contributed by atoms with Crippen LogP contribution in [0.3, 0.4) is 0 Å². The van der Waals surface area contributed by atoms with Crippen LogP contribution >= 0.6 is 0 Å². The van der Waals surface area contributed by atoms with E-state index in [1.807, 2.05) is 0 Å². The Morgan fingerprint density at radius 2 is 1.75 bits per heavy atom. The minimum Gasteiger partial charge on any atom is -0.352 e. The maximum absolute atomic E-state index is 12.1. The van der Waals surface area contributed by atoms with Crippen molar-refractivity contribution in [3.63, 3.8) is 0 Å². The van der Waals surface area contributed by atoms with Crippen molar-refractivity contribution < 1.29 is 4.79 Å². The van der Waals surface area contributed by atoms with E-state index in [2.05, 4.69) is 17.3 Å². The first-order valence-electron chi connectivity index (χ1n) is 6.78. The molecule has 0 radical (unpaired) electrons. The molecule has 3 heteroatoms. The molecule has 0 aromatic rings. The number of rotatable bonds is 2. The number of hydrogen-bond donors (Lipinski definition) is 1. The van der Waals surface area contributed by atoms with Crippen LogP contribution in [0.15, 0.2) is 0 Å². The summed E-state index contributed by atoms with van der Waals surface area (Å²) in [4.78, 5) is 14.3. The number of likely N-dealkylation sites (tertiary alicyclic amines) is 1. The molecule has 1 saturated carbocycles. The number of nitrogens with zero attached hydrogens (tertiary/aromatic N) is 1. The third kappa shape index (κ3) is 2.97. The Morgan fingerprint density at radius 1 is 1.06 bits per heavy atom. The van der Waals surface area contributed by atoms with E-state index in [0.717, 1.165) is 13.0 Å². The summed E-state index contributed by atoms with van der Waals surface area (Å²) in [5.74, 6) is 0.270. The van der Waals surface area contributed by atoms with Crippen LogP contribution in [-0.4, -0.2) is 36.5 Å². The van der Waals surface area contributed by atoms with E-state index in [-0.39, 0.29) is 11.9 Å². The van der Waals surface area contributed by atoms with Gasteiger partial charge >= 0.3 is 0 Å². The Kier molecular flexibility index (Phi) is 4.22. The second-order valence-electron chi connectivity index (χ2n) is 5.34. The van der Waals surface area contributed by atoms with Gasteiger partial charge in [-0.3, -0.25) is 9.69 Å². The molecule has 1 heterocycles. The molecule has 0 spiro atoms. The molecule has 1 N–H and O–H groups in total. The van der Waals surface area contributed by atoms with E-state index >= 15 is 0 Å². The highest BCUT2D eigenvalue weighted by atomic mass is 16.2. The van der Waals surface area contributed by atoms with E-state index in [1.54, 1.807) is 0 Å². The molecule has 92 valence electrons. The van der Waals surface area contributed by atoms with Crippen LogP contribution in [0.2, 0.25) is 0 Å². The van der Waals surface area contributed by atoms with Crippen LogP contribution in [0.4, 0.5) is 0 Å². The molecule has 1 amide bonds. The number of nitrogens with one attached hydrogen (secondary N) is 1. The first kappa shape index (κ1) is 11.9. The summed E-state index contributed by atoms with van der Waals surface area (Å²) < 4.78 is 0. The summed E-state index contributed by atoms with van der Waals surface area (Å²) in [6, 6.07) is 0.590. The maximum Gasteiger partial charge on any atom is 0.237 e. The zero-order valence-corrected chi connectivity index (χ0v) is 10.4. The highest BCUT2D eigenvalue weighted by Crippen LogP contribution is 2.19. The van der Waals surface area contributed by atoms with Crippen molar-refractivity contribution in [3.05, 3.63) is 0 Å². The lowest BCUT2D eigenvalue weighted by Gasteiger charge is -2.23. The van der Waals surface area contributed by atoms with Crippen LogP contribution in [0.5, 0.6) is 0 Å². The van der Waals surface area contributed by atoms with Gasteiger partial charge in [0.25, 0.3) is 0 Å². The number of amides is 1. The predicted molar refractivity (Wildman–Crippen MR) is 65.3 cm³/mol. The normalized spacial score (nSPS) is 28.9. The van der Waals surface area contributed by atoms with Gasteiger partial charge in [-0.15, -0.1) is 0 Å². The van der Waals surface area contributed by atoms with Gasteiger partial charge in [0.2, 0.25) is 5.91 Å². The smallest absolute Gasteiger partial charge is 0.237 e. The van der Waals surface area contributed by atoms with Gasteiger partial charge in [0, 0.05) is 6.04 Å². The van der Waals surface area contributed by atoms with Gasteiger partial charge in [-0.05, 0) is 39.3 Å². The van der Waals surface area contributed by atoms with Crippen molar-refractivity contribution in [3.8, 4) is 0 Å². The van der Waals surface area contributed by atoms with Gasteiger partial charge in [0.05, 0.1) is 6.04 Å². The standard InChI is InChI=1S/C13H24N2O/c1-15-10-6-9-12(15)13(16)14-11-7-4-2-3-5-8-11/h11-12H,2-10H2,1H3,(H,14,16). The van der Waals surface area contributed by atoms with Gasteiger partial charge < -0.3 is 5.32 Å². The lowest BCUT2D eigenvalue weighted by atomic mass is 10.1. The van der Waals surface area contributed by atoms with Gasteiger partial charge in [0.1, 0.15) is 0 Å². The molecule has 1 atom stereocenters. The van der Waals surface area contributed by atoms with Crippen LogP contribution in [0, 0.1) is 0 Å². The minimum absolute atomic E-state index is 0.142. The SMILES string of the molecule is CN1CCCC1C(=O)NC1CCCCCC1. The van der Waals surface area contributed by atoms with Crippen molar-refractivity contribution in [1.29, 1.82) is 0 Å². The Morgan fingerprint density at radius 3 is 2.31 bits per heavy atom. The van der Waals surface area contributed by atoms with Crippen molar-refractivity contribution in [2.24, 2.45) is 0 Å². The Bertz CT molecular complexity index is 234. The van der Waals surface area contributed by atoms with Crippen LogP contribution < -0.4 is 5.32 Å². The molecule has 16 heavy (non-hydrogen) atoms. The summed E-state index contributed by atoms with van der Waals surface area (Å²) in [5, 5.41) is 3.25. The molecule has 3 nitrogen and oxygen atoms in total. The Hall–Kier alpha value is -0.570. The topological polar surface area (TPSA) is 32.3 Å². The molecule has 2 aliphatic rings. The van der Waals surface area contributed by atoms with E-state index in [1.165, 1.54) is 44.9 Å². The summed E-state index contributed by atoms with van der Waals surface area (Å²) in [7, 11) is 2.06. The molecule has 1 saturated heterocycles. The second-order valence-corrected chi connectivity index (χ2v) is 5.34. The first-order valence-corrected chi connectivity index (χ1v) is 6.78. The summed E-state index contributed by atoms with van der Waals surface area (Å²) in [6.45, 7) is 1.07. The lowest BCUT2D eigenvalue weighted by Crippen LogP contribution is -2.45.